The molecule has 0 aliphatic rings. The first kappa shape index (κ1) is 13.4. The molecule has 6 nitrogen and oxygen atoms in total. The normalized spacial score (nSPS) is 11.0. The van der Waals surface area contributed by atoms with Crippen LogP contribution in [0.15, 0.2) is 36.7 Å². The fraction of sp³-hybridized carbons (Fsp3) is 0.267. The van der Waals surface area contributed by atoms with E-state index in [0.717, 1.165) is 16.7 Å². The number of hydrogen-bond acceptors (Lipinski definition) is 3. The van der Waals surface area contributed by atoms with E-state index in [1.807, 2.05) is 38.2 Å². The molecule has 1 N–H and O–H groups in total. The standard InChI is InChI=1S/C15H17N5O/c1-11-5-6-13(19(11)2)9-17-14(21)10-20-15-12(8-18-20)4-3-7-16-15/h3-8H,9-10H2,1-2H3,(H,17,21). The summed E-state index contributed by atoms with van der Waals surface area (Å²) in [4.78, 5) is 16.3. The highest BCUT2D eigenvalue weighted by Gasteiger charge is 2.09. The first-order valence-electron chi connectivity index (χ1n) is 6.79. The third kappa shape index (κ3) is 2.65. The molecule has 0 aliphatic carbocycles. The molecule has 0 atom stereocenters. The average molecular weight is 283 g/mol. The second kappa shape index (κ2) is 5.40. The van der Waals surface area contributed by atoms with Crippen LogP contribution in [0.4, 0.5) is 0 Å². The van der Waals surface area contributed by atoms with Crippen LogP contribution in [0.1, 0.15) is 11.4 Å². The fourth-order valence-electron chi connectivity index (χ4n) is 2.25. The molecule has 3 aromatic rings. The Morgan fingerprint density at radius 3 is 2.95 bits per heavy atom. The van der Waals surface area contributed by atoms with Gasteiger partial charge in [-0.25, -0.2) is 9.67 Å². The van der Waals surface area contributed by atoms with Gasteiger partial charge in [0.25, 0.3) is 0 Å². The van der Waals surface area contributed by atoms with Crippen molar-refractivity contribution in [3.63, 3.8) is 0 Å². The maximum absolute atomic E-state index is 12.0. The SMILES string of the molecule is Cc1ccc(CNC(=O)Cn2ncc3cccnc32)n1C. The molecule has 1 amide bonds. The Balaban J connectivity index is 1.65. The van der Waals surface area contributed by atoms with Crippen LogP contribution in [0.25, 0.3) is 11.0 Å². The van der Waals surface area contributed by atoms with Gasteiger partial charge in [0.1, 0.15) is 6.54 Å². The van der Waals surface area contributed by atoms with Gasteiger partial charge in [-0.3, -0.25) is 4.79 Å². The maximum atomic E-state index is 12.0. The summed E-state index contributed by atoms with van der Waals surface area (Å²) in [5.41, 5.74) is 2.97. The van der Waals surface area contributed by atoms with E-state index >= 15 is 0 Å². The van der Waals surface area contributed by atoms with E-state index in [9.17, 15) is 4.79 Å². The summed E-state index contributed by atoms with van der Waals surface area (Å²) >= 11 is 0. The zero-order valence-corrected chi connectivity index (χ0v) is 12.1. The van der Waals surface area contributed by atoms with Crippen molar-refractivity contribution in [2.24, 2.45) is 7.05 Å². The Hall–Kier alpha value is -2.63. The first-order valence-corrected chi connectivity index (χ1v) is 6.79. The van der Waals surface area contributed by atoms with Crippen LogP contribution in [0.2, 0.25) is 0 Å². The number of nitrogens with zero attached hydrogens (tertiary/aromatic N) is 4. The molecular formula is C15H17N5O. The summed E-state index contributed by atoms with van der Waals surface area (Å²) in [5, 5.41) is 8.04. The van der Waals surface area contributed by atoms with Gasteiger partial charge in [0.2, 0.25) is 5.91 Å². The molecule has 0 radical (unpaired) electrons. The smallest absolute Gasteiger partial charge is 0.242 e. The minimum Gasteiger partial charge on any atom is -0.350 e. The first-order chi connectivity index (χ1) is 10.1. The van der Waals surface area contributed by atoms with Crippen LogP contribution in [0.5, 0.6) is 0 Å². The largest absolute Gasteiger partial charge is 0.350 e. The molecule has 6 heteroatoms. The molecule has 108 valence electrons. The topological polar surface area (TPSA) is 64.7 Å². The molecule has 0 saturated carbocycles. The van der Waals surface area contributed by atoms with Crippen molar-refractivity contribution in [1.82, 2.24) is 24.6 Å². The lowest BCUT2D eigenvalue weighted by atomic mass is 10.3. The monoisotopic (exact) mass is 283 g/mol. The third-order valence-corrected chi connectivity index (χ3v) is 3.63. The van der Waals surface area contributed by atoms with Crippen molar-refractivity contribution in [2.75, 3.05) is 0 Å². The Bertz CT molecular complexity index is 786. The lowest BCUT2D eigenvalue weighted by Gasteiger charge is -2.08. The van der Waals surface area contributed by atoms with Gasteiger partial charge in [0.15, 0.2) is 5.65 Å². The van der Waals surface area contributed by atoms with E-state index < -0.39 is 0 Å². The molecule has 0 aliphatic heterocycles. The van der Waals surface area contributed by atoms with Crippen molar-refractivity contribution in [3.05, 3.63) is 48.0 Å². The predicted octanol–water partition coefficient (Wildman–Crippen LogP) is 1.39. The number of pyridine rings is 1. The second-order valence-electron chi connectivity index (χ2n) is 5.02. The van der Waals surface area contributed by atoms with Gasteiger partial charge in [0, 0.05) is 30.0 Å². The maximum Gasteiger partial charge on any atom is 0.242 e. The molecule has 0 saturated heterocycles. The lowest BCUT2D eigenvalue weighted by molar-refractivity contribution is -0.122. The Morgan fingerprint density at radius 2 is 2.19 bits per heavy atom. The number of carbonyl (C=O) groups excluding carboxylic acids is 1. The van der Waals surface area contributed by atoms with Crippen LogP contribution in [0.3, 0.4) is 0 Å². The van der Waals surface area contributed by atoms with E-state index in [1.165, 1.54) is 5.69 Å². The molecule has 0 unspecified atom stereocenters. The zero-order chi connectivity index (χ0) is 14.8. The number of hydrogen-bond donors (Lipinski definition) is 1. The minimum absolute atomic E-state index is 0.0792. The van der Waals surface area contributed by atoms with Crippen molar-refractivity contribution >= 4 is 16.9 Å². The van der Waals surface area contributed by atoms with E-state index in [0.29, 0.717) is 6.54 Å². The minimum atomic E-state index is -0.0792. The van der Waals surface area contributed by atoms with Crippen molar-refractivity contribution in [1.29, 1.82) is 0 Å². The van der Waals surface area contributed by atoms with Crippen molar-refractivity contribution in [2.45, 2.75) is 20.0 Å². The summed E-state index contributed by atoms with van der Waals surface area (Å²) in [6, 6.07) is 7.83. The van der Waals surface area contributed by atoms with Crippen LogP contribution in [0, 0.1) is 6.92 Å². The number of carbonyl (C=O) groups is 1. The molecule has 3 rings (SSSR count). The summed E-state index contributed by atoms with van der Waals surface area (Å²) in [6.45, 7) is 2.71. The van der Waals surface area contributed by atoms with E-state index in [-0.39, 0.29) is 12.5 Å². The molecule has 21 heavy (non-hydrogen) atoms. The Morgan fingerprint density at radius 1 is 1.33 bits per heavy atom. The van der Waals surface area contributed by atoms with Gasteiger partial charge in [-0.05, 0) is 31.2 Å². The van der Waals surface area contributed by atoms with E-state index in [1.54, 1.807) is 17.1 Å². The Labute approximate surface area is 122 Å². The molecule has 0 aromatic carbocycles. The molecular weight excluding hydrogens is 266 g/mol. The van der Waals surface area contributed by atoms with Crippen molar-refractivity contribution in [3.8, 4) is 0 Å². The average Bonchev–Trinajstić information content (AvgIpc) is 3.03. The number of aryl methyl sites for hydroxylation is 1. The lowest BCUT2D eigenvalue weighted by Crippen LogP contribution is -2.28. The number of nitrogens with one attached hydrogen (secondary N) is 1. The predicted molar refractivity (Wildman–Crippen MR) is 79.5 cm³/mol. The van der Waals surface area contributed by atoms with E-state index in [4.69, 9.17) is 0 Å². The highest BCUT2D eigenvalue weighted by molar-refractivity contribution is 5.79. The van der Waals surface area contributed by atoms with Crippen LogP contribution < -0.4 is 5.32 Å². The van der Waals surface area contributed by atoms with Crippen molar-refractivity contribution < 1.29 is 4.79 Å². The van der Waals surface area contributed by atoms with Gasteiger partial charge in [-0.1, -0.05) is 0 Å². The quantitative estimate of drug-likeness (QED) is 0.787. The summed E-state index contributed by atoms with van der Waals surface area (Å²) in [7, 11) is 1.99. The van der Waals surface area contributed by atoms with Gasteiger partial charge in [0.05, 0.1) is 12.7 Å². The van der Waals surface area contributed by atoms with Crippen LogP contribution in [-0.4, -0.2) is 25.2 Å². The third-order valence-electron chi connectivity index (χ3n) is 3.63. The Kier molecular flexibility index (Phi) is 3.43. The zero-order valence-electron chi connectivity index (χ0n) is 12.1. The van der Waals surface area contributed by atoms with Gasteiger partial charge in [-0.2, -0.15) is 5.10 Å². The highest BCUT2D eigenvalue weighted by Crippen LogP contribution is 2.09. The summed E-state index contributed by atoms with van der Waals surface area (Å²) < 4.78 is 3.67. The number of aromatic nitrogens is 4. The fourth-order valence-corrected chi connectivity index (χ4v) is 2.25. The van der Waals surface area contributed by atoms with Gasteiger partial charge < -0.3 is 9.88 Å². The second-order valence-corrected chi connectivity index (χ2v) is 5.02. The molecule has 0 spiro atoms. The molecule has 0 fully saturated rings. The highest BCUT2D eigenvalue weighted by atomic mass is 16.2. The molecule has 0 bridgehead atoms. The number of fused-ring (bicyclic) bond motifs is 1. The molecule has 3 heterocycles. The summed E-state index contributed by atoms with van der Waals surface area (Å²) in [5.74, 6) is -0.0792. The van der Waals surface area contributed by atoms with Gasteiger partial charge >= 0.3 is 0 Å². The number of rotatable bonds is 4. The van der Waals surface area contributed by atoms with Gasteiger partial charge in [-0.15, -0.1) is 0 Å². The van der Waals surface area contributed by atoms with Crippen LogP contribution in [-0.2, 0) is 24.9 Å². The van der Waals surface area contributed by atoms with E-state index in [2.05, 4.69) is 20.0 Å². The number of amides is 1. The van der Waals surface area contributed by atoms with Crippen LogP contribution >= 0.6 is 0 Å². The molecule has 3 aromatic heterocycles. The summed E-state index contributed by atoms with van der Waals surface area (Å²) in [6.07, 6.45) is 3.42.